The predicted octanol–water partition coefficient (Wildman–Crippen LogP) is -2.54. The zero-order valence-corrected chi connectivity index (χ0v) is 24.4. The van der Waals surface area contributed by atoms with Gasteiger partial charge in [-0.25, -0.2) is 0 Å². The molecule has 1 unspecified atom stereocenters. The fraction of sp³-hybridized carbons (Fsp3) is 0.731. The van der Waals surface area contributed by atoms with Gasteiger partial charge in [-0.3, -0.25) is 4.79 Å². The third-order valence-electron chi connectivity index (χ3n) is 7.44. The number of nitrogens with zero attached hydrogens (tertiary/aromatic N) is 1. The topological polar surface area (TPSA) is 223 Å². The Morgan fingerprint density at radius 2 is 1.62 bits per heavy atom. The van der Waals surface area contributed by atoms with Gasteiger partial charge < -0.3 is 70.2 Å². The van der Waals surface area contributed by atoms with Crippen molar-refractivity contribution in [3.05, 3.63) is 22.7 Å². The first-order valence-electron chi connectivity index (χ1n) is 13.7. The van der Waals surface area contributed by atoms with Crippen molar-refractivity contribution in [2.75, 3.05) is 51.8 Å². The number of rotatable bonds is 13. The molecule has 0 radical (unpaired) electrons. The SMILES string of the molecule is CCN(CC)CCNC(=O)c1cc(Cl)c(NC2O[C@H](CO)[C@@H](O[C@@H]3O[C@H](CO)[C@H](O)[C@H](O)[C@H]3O)[C@H](O)[C@H]2O)cc1OC. The summed E-state index contributed by atoms with van der Waals surface area (Å²) in [6.07, 6.45) is -15.5. The molecule has 15 nitrogen and oxygen atoms in total. The van der Waals surface area contributed by atoms with Crippen LogP contribution in [0.25, 0.3) is 0 Å². The molecule has 0 spiro atoms. The molecule has 10 atom stereocenters. The number of carbonyl (C=O) groups is 1. The van der Waals surface area contributed by atoms with Gasteiger partial charge in [-0.2, -0.15) is 0 Å². The number of likely N-dealkylation sites (N-methyl/N-ethyl adjacent to an activating group) is 1. The minimum atomic E-state index is -1.78. The molecule has 1 aromatic rings. The number of benzene rings is 1. The predicted molar refractivity (Wildman–Crippen MR) is 148 cm³/mol. The van der Waals surface area contributed by atoms with Gasteiger partial charge in [-0.05, 0) is 19.2 Å². The van der Waals surface area contributed by atoms with E-state index in [-0.39, 0.29) is 22.0 Å². The summed E-state index contributed by atoms with van der Waals surface area (Å²) in [6.45, 7) is 5.44. The highest BCUT2D eigenvalue weighted by Gasteiger charge is 2.50. The van der Waals surface area contributed by atoms with Crippen LogP contribution < -0.4 is 15.4 Å². The molecular formula is C26H42ClN3O12. The number of methoxy groups -OCH3 is 1. The lowest BCUT2D eigenvalue weighted by atomic mass is 9.96. The number of carbonyl (C=O) groups excluding carboxylic acids is 1. The largest absolute Gasteiger partial charge is 0.496 e. The van der Waals surface area contributed by atoms with Crippen LogP contribution in [0.15, 0.2) is 12.1 Å². The summed E-state index contributed by atoms with van der Waals surface area (Å²) in [5.41, 5.74) is 0.369. The molecule has 2 saturated heterocycles. The number of hydrogen-bond donors (Lipinski definition) is 9. The lowest BCUT2D eigenvalue weighted by Gasteiger charge is -2.46. The molecular weight excluding hydrogens is 582 g/mol. The first-order valence-corrected chi connectivity index (χ1v) is 14.1. The molecule has 42 heavy (non-hydrogen) atoms. The van der Waals surface area contributed by atoms with Crippen molar-refractivity contribution in [1.29, 1.82) is 0 Å². The lowest BCUT2D eigenvalue weighted by molar-refractivity contribution is -0.340. The van der Waals surface area contributed by atoms with Crippen molar-refractivity contribution < 1.29 is 59.5 Å². The fourth-order valence-corrected chi connectivity index (χ4v) is 5.05. The summed E-state index contributed by atoms with van der Waals surface area (Å²) < 4.78 is 22.0. The molecule has 240 valence electrons. The zero-order chi connectivity index (χ0) is 31.1. The van der Waals surface area contributed by atoms with Crippen LogP contribution in [0.3, 0.4) is 0 Å². The van der Waals surface area contributed by atoms with Gasteiger partial charge in [0, 0.05) is 19.2 Å². The molecule has 9 N–H and O–H groups in total. The minimum Gasteiger partial charge on any atom is -0.496 e. The molecule has 2 heterocycles. The number of hydrogen-bond acceptors (Lipinski definition) is 14. The van der Waals surface area contributed by atoms with E-state index in [1.807, 2.05) is 13.8 Å². The number of amides is 1. The van der Waals surface area contributed by atoms with E-state index in [0.717, 1.165) is 13.1 Å². The van der Waals surface area contributed by atoms with E-state index in [1.165, 1.54) is 19.2 Å². The van der Waals surface area contributed by atoms with Gasteiger partial charge in [0.15, 0.2) is 12.5 Å². The molecule has 1 aromatic carbocycles. The second-order valence-corrected chi connectivity index (χ2v) is 10.4. The number of halogens is 1. The Balaban J connectivity index is 1.71. The number of anilines is 1. The maximum absolute atomic E-state index is 12.8. The Hall–Kier alpha value is -1.86. The maximum Gasteiger partial charge on any atom is 0.255 e. The van der Waals surface area contributed by atoms with E-state index < -0.39 is 80.5 Å². The van der Waals surface area contributed by atoms with Gasteiger partial charge >= 0.3 is 0 Å². The summed E-state index contributed by atoms with van der Waals surface area (Å²) in [6, 6.07) is 2.81. The monoisotopic (exact) mass is 623 g/mol. The Kier molecular flexibility index (Phi) is 13.0. The molecule has 2 aliphatic heterocycles. The third-order valence-corrected chi connectivity index (χ3v) is 7.76. The Bertz CT molecular complexity index is 1020. The van der Waals surface area contributed by atoms with Crippen LogP contribution in [0, 0.1) is 0 Å². The molecule has 0 aromatic heterocycles. The van der Waals surface area contributed by atoms with Crippen LogP contribution in [-0.2, 0) is 14.2 Å². The highest BCUT2D eigenvalue weighted by atomic mass is 35.5. The highest BCUT2D eigenvalue weighted by Crippen LogP contribution is 2.34. The van der Waals surface area contributed by atoms with Crippen LogP contribution in [0.1, 0.15) is 24.2 Å². The molecule has 1 amide bonds. The summed E-state index contributed by atoms with van der Waals surface area (Å²) in [5.74, 6) is -0.221. The highest BCUT2D eigenvalue weighted by molar-refractivity contribution is 6.33. The average molecular weight is 624 g/mol. The van der Waals surface area contributed by atoms with Crippen molar-refractivity contribution in [3.8, 4) is 5.75 Å². The number of aliphatic hydroxyl groups is 7. The first-order chi connectivity index (χ1) is 20.0. The van der Waals surface area contributed by atoms with Crippen LogP contribution in [-0.4, -0.2) is 154 Å². The average Bonchev–Trinajstić information content (AvgIpc) is 2.99. The Morgan fingerprint density at radius 3 is 2.21 bits per heavy atom. The van der Waals surface area contributed by atoms with Crippen LogP contribution >= 0.6 is 11.6 Å². The number of ether oxygens (including phenoxy) is 4. The van der Waals surface area contributed by atoms with Gasteiger partial charge in [-0.1, -0.05) is 25.4 Å². The van der Waals surface area contributed by atoms with Crippen molar-refractivity contribution in [2.24, 2.45) is 0 Å². The van der Waals surface area contributed by atoms with Crippen LogP contribution in [0.5, 0.6) is 5.75 Å². The van der Waals surface area contributed by atoms with Crippen LogP contribution in [0.4, 0.5) is 5.69 Å². The van der Waals surface area contributed by atoms with Crippen molar-refractivity contribution in [1.82, 2.24) is 10.2 Å². The van der Waals surface area contributed by atoms with E-state index in [4.69, 9.17) is 30.5 Å². The van der Waals surface area contributed by atoms with E-state index in [1.54, 1.807) is 0 Å². The summed E-state index contributed by atoms with van der Waals surface area (Å²) in [4.78, 5) is 15.0. The summed E-state index contributed by atoms with van der Waals surface area (Å²) in [5, 5.41) is 77.1. The molecule has 2 aliphatic rings. The zero-order valence-electron chi connectivity index (χ0n) is 23.7. The van der Waals surface area contributed by atoms with E-state index in [0.29, 0.717) is 13.1 Å². The number of nitrogens with one attached hydrogen (secondary N) is 2. The third kappa shape index (κ3) is 7.80. The quantitative estimate of drug-likeness (QED) is 0.110. The van der Waals surface area contributed by atoms with Crippen LogP contribution in [0.2, 0.25) is 5.02 Å². The molecule has 0 aliphatic carbocycles. The van der Waals surface area contributed by atoms with E-state index in [2.05, 4.69) is 15.5 Å². The smallest absolute Gasteiger partial charge is 0.255 e. The van der Waals surface area contributed by atoms with Gasteiger partial charge in [0.1, 0.15) is 54.6 Å². The molecule has 16 heteroatoms. The second-order valence-electron chi connectivity index (χ2n) is 10.0. The normalized spacial score (nSPS) is 33.4. The van der Waals surface area contributed by atoms with Crippen molar-refractivity contribution in [2.45, 2.75) is 75.2 Å². The summed E-state index contributed by atoms with van der Waals surface area (Å²) >= 11 is 6.44. The van der Waals surface area contributed by atoms with Crippen molar-refractivity contribution >= 4 is 23.2 Å². The van der Waals surface area contributed by atoms with Gasteiger partial charge in [-0.15, -0.1) is 0 Å². The Labute approximate surface area is 248 Å². The molecule has 2 fully saturated rings. The van der Waals surface area contributed by atoms with Gasteiger partial charge in [0.25, 0.3) is 5.91 Å². The Morgan fingerprint density at radius 1 is 0.952 bits per heavy atom. The molecule has 0 bridgehead atoms. The van der Waals surface area contributed by atoms with Gasteiger partial charge in [0.05, 0.1) is 36.6 Å². The second kappa shape index (κ2) is 15.7. The molecule has 3 rings (SSSR count). The standard InChI is InChI=1S/C26H42ClN3O12/c1-4-30(5-2)7-6-28-24(38)12-8-13(27)14(9-15(12)39-3)29-25-21(36)20(35)23(17(11-32)40-25)42-26-22(37)19(34)18(33)16(10-31)41-26/h8-9,16-23,25-26,29,31-37H,4-7,10-11H2,1-3H3,(H,28,38)/t16-,17-,18+,19+,20-,21-,22-,23-,25?,26+/m1/s1. The van der Waals surface area contributed by atoms with E-state index >= 15 is 0 Å². The van der Waals surface area contributed by atoms with Gasteiger partial charge in [0.2, 0.25) is 0 Å². The molecule has 0 saturated carbocycles. The van der Waals surface area contributed by atoms with Crippen molar-refractivity contribution in [3.63, 3.8) is 0 Å². The fourth-order valence-electron chi connectivity index (χ4n) is 4.83. The van der Waals surface area contributed by atoms with E-state index in [9.17, 15) is 40.5 Å². The number of aliphatic hydroxyl groups excluding tert-OH is 7. The summed E-state index contributed by atoms with van der Waals surface area (Å²) in [7, 11) is 1.37. The first kappa shape index (κ1) is 34.6. The lowest BCUT2D eigenvalue weighted by Crippen LogP contribution is -2.65. The maximum atomic E-state index is 12.8. The minimum absolute atomic E-state index is 0.0789.